The van der Waals surface area contributed by atoms with Crippen molar-refractivity contribution in [3.8, 4) is 5.75 Å². The predicted octanol–water partition coefficient (Wildman–Crippen LogP) is 3.52. The number of nitrogens with zero attached hydrogens (tertiary/aromatic N) is 1. The first-order chi connectivity index (χ1) is 12.0. The zero-order chi connectivity index (χ0) is 18.7. The SMILES string of the molecule is CCN(CC)CCNC(=O)c1cc(Cl)c(N)cc1OCCCCSC. The summed E-state index contributed by atoms with van der Waals surface area (Å²) < 4.78 is 5.79. The lowest BCUT2D eigenvalue weighted by atomic mass is 10.1. The highest BCUT2D eigenvalue weighted by molar-refractivity contribution is 7.98. The zero-order valence-corrected chi connectivity index (χ0v) is 17.0. The highest BCUT2D eigenvalue weighted by atomic mass is 35.5. The van der Waals surface area contributed by atoms with Crippen molar-refractivity contribution in [1.82, 2.24) is 10.2 Å². The van der Waals surface area contributed by atoms with Gasteiger partial charge in [-0.3, -0.25) is 4.79 Å². The summed E-state index contributed by atoms with van der Waals surface area (Å²) in [5.74, 6) is 1.41. The molecular weight excluding hydrogens is 358 g/mol. The number of benzene rings is 1. The number of thioether (sulfide) groups is 1. The van der Waals surface area contributed by atoms with Gasteiger partial charge in [-0.2, -0.15) is 11.8 Å². The van der Waals surface area contributed by atoms with Gasteiger partial charge in [0.1, 0.15) is 5.75 Å². The Morgan fingerprint density at radius 1 is 1.32 bits per heavy atom. The molecule has 1 aromatic rings. The molecule has 0 saturated carbocycles. The second kappa shape index (κ2) is 12.3. The summed E-state index contributed by atoms with van der Waals surface area (Å²) in [5, 5.41) is 3.30. The molecule has 1 rings (SSSR count). The highest BCUT2D eigenvalue weighted by Gasteiger charge is 2.15. The molecule has 0 saturated heterocycles. The van der Waals surface area contributed by atoms with Crippen LogP contribution in [0.2, 0.25) is 5.02 Å². The number of hydrogen-bond donors (Lipinski definition) is 2. The van der Waals surface area contributed by atoms with E-state index in [9.17, 15) is 4.79 Å². The van der Waals surface area contributed by atoms with Gasteiger partial charge >= 0.3 is 0 Å². The molecule has 5 nitrogen and oxygen atoms in total. The van der Waals surface area contributed by atoms with Crippen LogP contribution < -0.4 is 15.8 Å². The van der Waals surface area contributed by atoms with Crippen molar-refractivity contribution < 1.29 is 9.53 Å². The Morgan fingerprint density at radius 3 is 2.68 bits per heavy atom. The van der Waals surface area contributed by atoms with E-state index in [1.54, 1.807) is 12.1 Å². The van der Waals surface area contributed by atoms with Gasteiger partial charge in [0, 0.05) is 19.2 Å². The zero-order valence-electron chi connectivity index (χ0n) is 15.4. The monoisotopic (exact) mass is 387 g/mol. The number of carbonyl (C=O) groups is 1. The van der Waals surface area contributed by atoms with Crippen molar-refractivity contribution in [2.45, 2.75) is 26.7 Å². The first-order valence-electron chi connectivity index (χ1n) is 8.74. The normalized spacial score (nSPS) is 10.9. The van der Waals surface area contributed by atoms with Gasteiger partial charge in [-0.1, -0.05) is 25.4 Å². The summed E-state index contributed by atoms with van der Waals surface area (Å²) in [5.41, 5.74) is 6.71. The number of nitrogens with one attached hydrogen (secondary N) is 1. The van der Waals surface area contributed by atoms with E-state index in [-0.39, 0.29) is 5.91 Å². The van der Waals surface area contributed by atoms with E-state index in [1.807, 2.05) is 11.8 Å². The van der Waals surface area contributed by atoms with Gasteiger partial charge in [-0.05, 0) is 44.0 Å². The molecule has 0 aliphatic heterocycles. The lowest BCUT2D eigenvalue weighted by molar-refractivity contribution is 0.0945. The first-order valence-corrected chi connectivity index (χ1v) is 10.5. The molecule has 0 spiro atoms. The van der Waals surface area contributed by atoms with E-state index in [2.05, 4.69) is 30.3 Å². The molecule has 25 heavy (non-hydrogen) atoms. The van der Waals surface area contributed by atoms with E-state index in [0.717, 1.165) is 38.2 Å². The van der Waals surface area contributed by atoms with Crippen molar-refractivity contribution >= 4 is 35.0 Å². The molecule has 1 aromatic carbocycles. The molecule has 1 amide bonds. The smallest absolute Gasteiger partial charge is 0.255 e. The maximum atomic E-state index is 12.5. The van der Waals surface area contributed by atoms with Crippen molar-refractivity contribution in [2.24, 2.45) is 0 Å². The Bertz CT molecular complexity index is 539. The van der Waals surface area contributed by atoms with Crippen LogP contribution in [-0.2, 0) is 0 Å². The molecule has 0 bridgehead atoms. The summed E-state index contributed by atoms with van der Waals surface area (Å²) in [4.78, 5) is 14.8. The third-order valence-corrected chi connectivity index (χ3v) is 4.98. The molecule has 0 aliphatic carbocycles. The number of anilines is 1. The number of ether oxygens (including phenoxy) is 1. The van der Waals surface area contributed by atoms with E-state index in [1.165, 1.54) is 0 Å². The van der Waals surface area contributed by atoms with E-state index >= 15 is 0 Å². The minimum absolute atomic E-state index is 0.187. The maximum Gasteiger partial charge on any atom is 0.255 e. The van der Waals surface area contributed by atoms with Crippen LogP contribution in [0.1, 0.15) is 37.0 Å². The average molecular weight is 388 g/mol. The van der Waals surface area contributed by atoms with Crippen LogP contribution in [0.25, 0.3) is 0 Å². The van der Waals surface area contributed by atoms with Gasteiger partial charge in [0.25, 0.3) is 5.91 Å². The van der Waals surface area contributed by atoms with Crippen LogP contribution in [0.4, 0.5) is 5.69 Å². The van der Waals surface area contributed by atoms with Gasteiger partial charge in [-0.15, -0.1) is 0 Å². The molecular formula is C18H30ClN3O2S. The van der Waals surface area contributed by atoms with Crippen molar-refractivity contribution in [1.29, 1.82) is 0 Å². The topological polar surface area (TPSA) is 67.6 Å². The third-order valence-electron chi connectivity index (χ3n) is 3.95. The quantitative estimate of drug-likeness (QED) is 0.424. The molecule has 0 unspecified atom stereocenters. The predicted molar refractivity (Wildman–Crippen MR) is 109 cm³/mol. The Hall–Kier alpha value is -1.11. The van der Waals surface area contributed by atoms with E-state index < -0.39 is 0 Å². The standard InChI is InChI=1S/C18H30ClN3O2S/c1-4-22(5-2)9-8-21-18(23)14-12-15(19)16(20)13-17(14)24-10-6-7-11-25-3/h12-13H,4-11,20H2,1-3H3,(H,21,23). The van der Waals surface area contributed by atoms with E-state index in [0.29, 0.717) is 35.2 Å². The number of nitrogens with two attached hydrogens (primary N) is 1. The van der Waals surface area contributed by atoms with Crippen molar-refractivity contribution in [3.05, 3.63) is 22.7 Å². The van der Waals surface area contributed by atoms with Crippen molar-refractivity contribution in [3.63, 3.8) is 0 Å². The van der Waals surface area contributed by atoms with Crippen LogP contribution in [-0.4, -0.2) is 55.6 Å². The molecule has 0 fully saturated rings. The average Bonchev–Trinajstić information content (AvgIpc) is 2.61. The van der Waals surface area contributed by atoms with Gasteiger partial charge in [0.05, 0.1) is 22.9 Å². The number of hydrogen-bond acceptors (Lipinski definition) is 5. The molecule has 0 atom stereocenters. The summed E-state index contributed by atoms with van der Waals surface area (Å²) in [6.07, 6.45) is 4.10. The fraction of sp³-hybridized carbons (Fsp3) is 0.611. The van der Waals surface area contributed by atoms with Crippen molar-refractivity contribution in [2.75, 3.05) is 50.5 Å². The van der Waals surface area contributed by atoms with Gasteiger partial charge in [0.2, 0.25) is 0 Å². The molecule has 0 aromatic heterocycles. The number of unbranched alkanes of at least 4 members (excludes halogenated alkanes) is 1. The molecule has 142 valence electrons. The summed E-state index contributed by atoms with van der Waals surface area (Å²) >= 11 is 7.90. The fourth-order valence-electron chi connectivity index (χ4n) is 2.36. The first kappa shape index (κ1) is 21.9. The third kappa shape index (κ3) is 7.75. The minimum Gasteiger partial charge on any atom is -0.493 e. The Labute approximate surface area is 160 Å². The second-order valence-corrected chi connectivity index (χ2v) is 7.09. The van der Waals surface area contributed by atoms with E-state index in [4.69, 9.17) is 22.1 Å². The van der Waals surface area contributed by atoms with Gasteiger partial charge in [0.15, 0.2) is 0 Å². The number of rotatable bonds is 12. The van der Waals surface area contributed by atoms with Crippen LogP contribution >= 0.6 is 23.4 Å². The minimum atomic E-state index is -0.187. The largest absolute Gasteiger partial charge is 0.493 e. The van der Waals surface area contributed by atoms with Gasteiger partial charge < -0.3 is 20.7 Å². The van der Waals surface area contributed by atoms with Crippen LogP contribution in [0.3, 0.4) is 0 Å². The van der Waals surface area contributed by atoms with Gasteiger partial charge in [-0.25, -0.2) is 0 Å². The second-order valence-electron chi connectivity index (χ2n) is 5.70. The maximum absolute atomic E-state index is 12.5. The lowest BCUT2D eigenvalue weighted by Gasteiger charge is -2.18. The number of halogens is 1. The molecule has 7 heteroatoms. The number of amides is 1. The molecule has 0 radical (unpaired) electrons. The number of nitrogen functional groups attached to an aromatic ring is 1. The lowest BCUT2D eigenvalue weighted by Crippen LogP contribution is -2.35. The fourth-order valence-corrected chi connectivity index (χ4v) is 3.02. The number of likely N-dealkylation sites (N-methyl/N-ethyl adjacent to an activating group) is 1. The van der Waals surface area contributed by atoms with Crippen LogP contribution in [0.5, 0.6) is 5.75 Å². The number of carbonyl (C=O) groups excluding carboxylic acids is 1. The Kier molecular flexibility index (Phi) is 10.8. The van der Waals surface area contributed by atoms with Crippen LogP contribution in [0.15, 0.2) is 12.1 Å². The Morgan fingerprint density at radius 2 is 2.04 bits per heavy atom. The molecule has 3 N–H and O–H groups in total. The van der Waals surface area contributed by atoms with Crippen LogP contribution in [0, 0.1) is 0 Å². The molecule has 0 heterocycles. The summed E-state index contributed by atoms with van der Waals surface area (Å²) in [6.45, 7) is 8.08. The summed E-state index contributed by atoms with van der Waals surface area (Å²) in [7, 11) is 0. The molecule has 0 aliphatic rings. The summed E-state index contributed by atoms with van der Waals surface area (Å²) in [6, 6.07) is 3.22. The Balaban J connectivity index is 2.68. The highest BCUT2D eigenvalue weighted by Crippen LogP contribution is 2.29.